The van der Waals surface area contributed by atoms with Crippen LogP contribution in [0.25, 0.3) is 0 Å². The lowest BCUT2D eigenvalue weighted by Crippen LogP contribution is -2.44. The van der Waals surface area contributed by atoms with Crippen LogP contribution in [0.2, 0.25) is 0 Å². The van der Waals surface area contributed by atoms with E-state index >= 15 is 0 Å². The summed E-state index contributed by atoms with van der Waals surface area (Å²) in [5.74, 6) is -1.74. The Morgan fingerprint density at radius 1 is 1.61 bits per heavy atom. The highest BCUT2D eigenvalue weighted by Gasteiger charge is 2.38. The molecule has 1 amide bonds. The number of nitrogens with zero attached hydrogens (tertiary/aromatic N) is 2. The molecule has 1 aliphatic rings. The fourth-order valence-electron chi connectivity index (χ4n) is 2.02. The van der Waals surface area contributed by atoms with Crippen molar-refractivity contribution in [1.29, 1.82) is 0 Å². The number of carboxylic acid groups (broad SMARTS) is 1. The Kier molecular flexibility index (Phi) is 3.61. The maximum absolute atomic E-state index is 12.0. The first-order valence-corrected chi connectivity index (χ1v) is 5.64. The van der Waals surface area contributed by atoms with Gasteiger partial charge < -0.3 is 14.7 Å². The number of aromatic nitrogens is 2. The Morgan fingerprint density at radius 2 is 2.39 bits per heavy atom. The Hall–Kier alpha value is -1.89. The minimum absolute atomic E-state index is 0.152. The van der Waals surface area contributed by atoms with Gasteiger partial charge in [0.25, 0.3) is 0 Å². The van der Waals surface area contributed by atoms with Crippen LogP contribution in [0.1, 0.15) is 5.69 Å². The average Bonchev–Trinajstić information content (AvgIpc) is 2.97. The van der Waals surface area contributed by atoms with E-state index in [1.54, 1.807) is 19.3 Å². The molecule has 1 aromatic heterocycles. The SMILES string of the molecule is CN(C(=O)Cc1ccn[nH]1)C1COCC1C(=O)O. The first-order chi connectivity index (χ1) is 8.59. The van der Waals surface area contributed by atoms with Gasteiger partial charge in [-0.3, -0.25) is 14.7 Å². The van der Waals surface area contributed by atoms with Crippen LogP contribution in [0.15, 0.2) is 12.3 Å². The Morgan fingerprint density at radius 3 is 3.00 bits per heavy atom. The van der Waals surface area contributed by atoms with Gasteiger partial charge in [-0.2, -0.15) is 5.10 Å². The van der Waals surface area contributed by atoms with E-state index in [2.05, 4.69) is 10.2 Å². The van der Waals surface area contributed by atoms with Crippen LogP contribution in [-0.4, -0.2) is 58.4 Å². The number of H-pyrrole nitrogens is 1. The summed E-state index contributed by atoms with van der Waals surface area (Å²) in [5.41, 5.74) is 0.706. The number of rotatable bonds is 4. The van der Waals surface area contributed by atoms with Crippen LogP contribution in [0.4, 0.5) is 0 Å². The molecule has 0 aromatic carbocycles. The maximum atomic E-state index is 12.0. The van der Waals surface area contributed by atoms with Crippen LogP contribution < -0.4 is 0 Å². The minimum Gasteiger partial charge on any atom is -0.481 e. The topological polar surface area (TPSA) is 95.5 Å². The summed E-state index contributed by atoms with van der Waals surface area (Å²) in [7, 11) is 1.61. The van der Waals surface area contributed by atoms with Gasteiger partial charge in [0.2, 0.25) is 5.91 Å². The number of hydrogen-bond donors (Lipinski definition) is 2. The second-order valence-electron chi connectivity index (χ2n) is 4.31. The number of amides is 1. The summed E-state index contributed by atoms with van der Waals surface area (Å²) in [6.07, 6.45) is 1.75. The zero-order valence-electron chi connectivity index (χ0n) is 10.00. The highest BCUT2D eigenvalue weighted by molar-refractivity contribution is 5.80. The van der Waals surface area contributed by atoms with Crippen LogP contribution in [0.5, 0.6) is 0 Å². The van der Waals surface area contributed by atoms with Gasteiger partial charge in [0.05, 0.1) is 25.7 Å². The van der Waals surface area contributed by atoms with Gasteiger partial charge in [-0.1, -0.05) is 0 Å². The van der Waals surface area contributed by atoms with E-state index in [4.69, 9.17) is 9.84 Å². The molecule has 7 nitrogen and oxygen atoms in total. The molecule has 2 rings (SSSR count). The predicted molar refractivity (Wildman–Crippen MR) is 60.8 cm³/mol. The summed E-state index contributed by atoms with van der Waals surface area (Å²) >= 11 is 0. The quantitative estimate of drug-likeness (QED) is 0.755. The molecule has 2 N–H and O–H groups in total. The molecule has 18 heavy (non-hydrogen) atoms. The van der Waals surface area contributed by atoms with Crippen molar-refractivity contribution in [2.75, 3.05) is 20.3 Å². The van der Waals surface area contributed by atoms with Crippen molar-refractivity contribution < 1.29 is 19.4 Å². The molecule has 1 saturated heterocycles. The summed E-state index contributed by atoms with van der Waals surface area (Å²) in [6.45, 7) is 0.420. The zero-order valence-corrected chi connectivity index (χ0v) is 10.00. The Labute approximate surface area is 104 Å². The molecule has 0 saturated carbocycles. The lowest BCUT2D eigenvalue weighted by Gasteiger charge is -2.26. The lowest BCUT2D eigenvalue weighted by atomic mass is 10.0. The normalized spacial score (nSPS) is 22.9. The second kappa shape index (κ2) is 5.18. The molecule has 98 valence electrons. The van der Waals surface area contributed by atoms with Gasteiger partial charge >= 0.3 is 5.97 Å². The lowest BCUT2D eigenvalue weighted by molar-refractivity contribution is -0.144. The molecule has 1 aromatic rings. The third kappa shape index (κ3) is 2.51. The molecule has 1 aliphatic heterocycles. The van der Waals surface area contributed by atoms with Crippen molar-refractivity contribution in [2.24, 2.45) is 5.92 Å². The molecule has 7 heteroatoms. The summed E-state index contributed by atoms with van der Waals surface area (Å²) in [5, 5.41) is 15.5. The van der Waals surface area contributed by atoms with Gasteiger partial charge in [0.1, 0.15) is 5.92 Å². The van der Waals surface area contributed by atoms with Crippen LogP contribution in [0, 0.1) is 5.92 Å². The molecule has 0 spiro atoms. The fraction of sp³-hybridized carbons (Fsp3) is 0.545. The summed E-state index contributed by atoms with van der Waals surface area (Å²) in [4.78, 5) is 24.5. The monoisotopic (exact) mass is 253 g/mol. The highest BCUT2D eigenvalue weighted by atomic mass is 16.5. The van der Waals surface area contributed by atoms with Crippen LogP contribution >= 0.6 is 0 Å². The molecule has 1 fully saturated rings. The molecule has 2 atom stereocenters. The molecule has 0 radical (unpaired) electrons. The minimum atomic E-state index is -0.932. The third-order valence-corrected chi connectivity index (χ3v) is 3.16. The first-order valence-electron chi connectivity index (χ1n) is 5.64. The standard InChI is InChI=1S/C11H15N3O4/c1-14(9-6-18-5-8(9)11(16)17)10(15)4-7-2-3-12-13-7/h2-3,8-9H,4-6H2,1H3,(H,12,13)(H,16,17). The predicted octanol–water partition coefficient (Wildman–Crippen LogP) is -0.490. The molecular formula is C11H15N3O4. The first kappa shape index (κ1) is 12.6. The number of carbonyl (C=O) groups is 2. The number of ether oxygens (including phenoxy) is 1. The second-order valence-corrected chi connectivity index (χ2v) is 4.31. The van der Waals surface area contributed by atoms with Crippen molar-refractivity contribution in [1.82, 2.24) is 15.1 Å². The summed E-state index contributed by atoms with van der Waals surface area (Å²) < 4.78 is 5.14. The van der Waals surface area contributed by atoms with E-state index in [0.29, 0.717) is 5.69 Å². The number of carboxylic acids is 1. The Bertz CT molecular complexity index is 432. The number of aromatic amines is 1. The van der Waals surface area contributed by atoms with Gasteiger partial charge in [-0.05, 0) is 6.07 Å². The van der Waals surface area contributed by atoms with Crippen molar-refractivity contribution in [2.45, 2.75) is 12.5 Å². The Balaban J connectivity index is 1.99. The van der Waals surface area contributed by atoms with Gasteiger partial charge in [0, 0.05) is 18.9 Å². The van der Waals surface area contributed by atoms with Gasteiger partial charge in [-0.25, -0.2) is 0 Å². The fourth-order valence-corrected chi connectivity index (χ4v) is 2.02. The summed E-state index contributed by atoms with van der Waals surface area (Å²) in [6, 6.07) is 1.31. The highest BCUT2D eigenvalue weighted by Crippen LogP contribution is 2.19. The van der Waals surface area contributed by atoms with Crippen LogP contribution in [-0.2, 0) is 20.7 Å². The van der Waals surface area contributed by atoms with E-state index in [0.717, 1.165) is 0 Å². The number of aliphatic carboxylic acids is 1. The molecule has 2 heterocycles. The van der Waals surface area contributed by atoms with Crippen molar-refractivity contribution in [3.63, 3.8) is 0 Å². The molecule has 0 aliphatic carbocycles. The number of likely N-dealkylation sites (N-methyl/N-ethyl adjacent to an activating group) is 1. The van der Waals surface area contributed by atoms with Gasteiger partial charge in [0.15, 0.2) is 0 Å². The van der Waals surface area contributed by atoms with E-state index < -0.39 is 17.9 Å². The van der Waals surface area contributed by atoms with E-state index in [1.165, 1.54) is 4.90 Å². The van der Waals surface area contributed by atoms with E-state index in [-0.39, 0.29) is 25.5 Å². The van der Waals surface area contributed by atoms with E-state index in [1.807, 2.05) is 0 Å². The van der Waals surface area contributed by atoms with Crippen molar-refractivity contribution >= 4 is 11.9 Å². The number of hydrogen-bond acceptors (Lipinski definition) is 4. The van der Waals surface area contributed by atoms with Gasteiger partial charge in [-0.15, -0.1) is 0 Å². The maximum Gasteiger partial charge on any atom is 0.311 e. The molecule has 2 unspecified atom stereocenters. The largest absolute Gasteiger partial charge is 0.481 e. The van der Waals surface area contributed by atoms with E-state index in [9.17, 15) is 9.59 Å². The third-order valence-electron chi connectivity index (χ3n) is 3.16. The smallest absolute Gasteiger partial charge is 0.311 e. The number of carbonyl (C=O) groups excluding carboxylic acids is 1. The van der Waals surface area contributed by atoms with Crippen molar-refractivity contribution in [3.05, 3.63) is 18.0 Å². The van der Waals surface area contributed by atoms with Crippen molar-refractivity contribution in [3.8, 4) is 0 Å². The molecule has 0 bridgehead atoms. The molecular weight excluding hydrogens is 238 g/mol. The van der Waals surface area contributed by atoms with Crippen LogP contribution in [0.3, 0.4) is 0 Å². The number of nitrogens with one attached hydrogen (secondary N) is 1. The zero-order chi connectivity index (χ0) is 13.1. The average molecular weight is 253 g/mol.